The normalized spacial score (nSPS) is 11.7. The van der Waals surface area contributed by atoms with Crippen LogP contribution in [-0.4, -0.2) is 24.6 Å². The van der Waals surface area contributed by atoms with Crippen molar-refractivity contribution in [1.82, 2.24) is 9.97 Å². The number of aromatic nitrogens is 2. The van der Waals surface area contributed by atoms with E-state index in [-0.39, 0.29) is 10.9 Å². The number of hydrogen-bond donors (Lipinski definition) is 1. The quantitative estimate of drug-likeness (QED) is 0.711. The van der Waals surface area contributed by atoms with Crippen molar-refractivity contribution in [2.45, 2.75) is 16.0 Å². The molecular weight excluding hydrogens is 339 g/mol. The van der Waals surface area contributed by atoms with E-state index in [0.29, 0.717) is 16.7 Å². The Morgan fingerprint density at radius 2 is 1.96 bits per heavy atom. The molecule has 0 aliphatic carbocycles. The van der Waals surface area contributed by atoms with E-state index < -0.39 is 9.84 Å². The van der Waals surface area contributed by atoms with Gasteiger partial charge in [0.1, 0.15) is 11.6 Å². The van der Waals surface area contributed by atoms with E-state index in [0.717, 1.165) is 17.5 Å². The van der Waals surface area contributed by atoms with Gasteiger partial charge in [0.25, 0.3) is 0 Å². The highest BCUT2D eigenvalue weighted by Crippen LogP contribution is 2.25. The number of benzene rings is 1. The van der Waals surface area contributed by atoms with Gasteiger partial charge in [-0.1, -0.05) is 11.8 Å². The molecule has 120 valence electrons. The molecule has 0 radical (unpaired) electrons. The monoisotopic (exact) mass is 352 g/mol. The van der Waals surface area contributed by atoms with Crippen molar-refractivity contribution in [3.63, 3.8) is 0 Å². The average molecular weight is 352 g/mol. The molecule has 0 aliphatic heterocycles. The summed E-state index contributed by atoms with van der Waals surface area (Å²) in [5, 5.41) is 0.626. The third-order valence-corrected chi connectivity index (χ3v) is 4.92. The molecule has 0 spiro atoms. The second-order valence-corrected chi connectivity index (χ2v) is 7.80. The summed E-state index contributed by atoms with van der Waals surface area (Å²) in [6, 6.07) is 9.19. The minimum absolute atomic E-state index is 0.0421. The largest absolute Gasteiger partial charge is 0.449 e. The molecule has 8 heteroatoms. The van der Waals surface area contributed by atoms with Gasteiger partial charge in [-0.05, 0) is 42.0 Å². The van der Waals surface area contributed by atoms with Gasteiger partial charge in [-0.15, -0.1) is 0 Å². The molecule has 1 aromatic carbocycles. The van der Waals surface area contributed by atoms with Crippen molar-refractivity contribution >= 4 is 21.6 Å². The lowest BCUT2D eigenvalue weighted by atomic mass is 10.2. The Kier molecular flexibility index (Phi) is 4.27. The second kappa shape index (κ2) is 6.21. The molecule has 0 unspecified atom stereocenters. The van der Waals surface area contributed by atoms with E-state index in [9.17, 15) is 12.8 Å². The molecule has 0 aliphatic rings. The predicted octanol–water partition coefficient (Wildman–Crippen LogP) is 3.50. The first-order chi connectivity index (χ1) is 10.9. The third-order valence-electron chi connectivity index (χ3n) is 3.06. The molecule has 3 rings (SSSR count). The van der Waals surface area contributed by atoms with Gasteiger partial charge in [-0.2, -0.15) is 0 Å². The van der Waals surface area contributed by atoms with Crippen LogP contribution in [0.4, 0.5) is 4.39 Å². The van der Waals surface area contributed by atoms with Crippen LogP contribution in [-0.2, 0) is 15.6 Å². The van der Waals surface area contributed by atoms with Crippen LogP contribution >= 0.6 is 11.8 Å². The topological polar surface area (TPSA) is 76.0 Å². The Labute approximate surface area is 136 Å². The summed E-state index contributed by atoms with van der Waals surface area (Å²) in [6.07, 6.45) is 2.77. The predicted molar refractivity (Wildman–Crippen MR) is 85.4 cm³/mol. The molecule has 23 heavy (non-hydrogen) atoms. The summed E-state index contributed by atoms with van der Waals surface area (Å²) in [6.45, 7) is 0. The summed E-state index contributed by atoms with van der Waals surface area (Å²) in [5.41, 5.74) is 1.62. The van der Waals surface area contributed by atoms with Crippen LogP contribution in [0, 0.1) is 5.82 Å². The zero-order valence-electron chi connectivity index (χ0n) is 12.1. The summed E-state index contributed by atoms with van der Waals surface area (Å²) < 4.78 is 40.9. The first-order valence-corrected chi connectivity index (χ1v) is 9.52. The molecule has 2 aromatic heterocycles. The number of aromatic amines is 1. The van der Waals surface area contributed by atoms with Crippen LogP contribution in [0.2, 0.25) is 0 Å². The highest BCUT2D eigenvalue weighted by molar-refractivity contribution is 7.98. The van der Waals surface area contributed by atoms with Crippen LogP contribution in [0.5, 0.6) is 0 Å². The maximum Gasteiger partial charge on any atom is 0.217 e. The highest BCUT2D eigenvalue weighted by atomic mass is 32.2. The van der Waals surface area contributed by atoms with Gasteiger partial charge in [0.15, 0.2) is 5.16 Å². The number of sulfone groups is 1. The Balaban J connectivity index is 1.68. The van der Waals surface area contributed by atoms with E-state index in [1.807, 2.05) is 0 Å². The van der Waals surface area contributed by atoms with E-state index in [4.69, 9.17) is 4.42 Å². The summed E-state index contributed by atoms with van der Waals surface area (Å²) >= 11 is 1.39. The van der Waals surface area contributed by atoms with Gasteiger partial charge in [-0.3, -0.25) is 0 Å². The van der Waals surface area contributed by atoms with Crippen LogP contribution in [0.25, 0.3) is 11.3 Å². The molecule has 3 aromatic rings. The number of thioether (sulfide) groups is 1. The summed E-state index contributed by atoms with van der Waals surface area (Å²) in [5.74, 6) is 0.712. The zero-order chi connectivity index (χ0) is 16.4. The lowest BCUT2D eigenvalue weighted by molar-refractivity contribution is 0.428. The lowest BCUT2D eigenvalue weighted by Gasteiger charge is -1.97. The van der Waals surface area contributed by atoms with Crippen molar-refractivity contribution in [3.05, 3.63) is 54.2 Å². The van der Waals surface area contributed by atoms with E-state index in [1.165, 1.54) is 30.0 Å². The molecule has 0 atom stereocenters. The zero-order valence-corrected chi connectivity index (χ0v) is 13.7. The van der Waals surface area contributed by atoms with Gasteiger partial charge in [-0.25, -0.2) is 17.8 Å². The fourth-order valence-electron chi connectivity index (χ4n) is 1.93. The molecule has 0 amide bonds. The Morgan fingerprint density at radius 3 is 2.61 bits per heavy atom. The second-order valence-electron chi connectivity index (χ2n) is 4.89. The molecule has 0 saturated heterocycles. The van der Waals surface area contributed by atoms with Crippen molar-refractivity contribution in [2.24, 2.45) is 0 Å². The molecule has 5 nitrogen and oxygen atoms in total. The first kappa shape index (κ1) is 15.8. The maximum atomic E-state index is 12.9. The Hall–Kier alpha value is -2.06. The fraction of sp³-hybridized carbons (Fsp3) is 0.133. The number of nitrogens with one attached hydrogen (secondary N) is 1. The molecule has 1 N–H and O–H groups in total. The van der Waals surface area contributed by atoms with Crippen LogP contribution in [0.1, 0.15) is 5.76 Å². The standard InChI is InChI=1S/C15H13FN2O3S2/c1-23(19,20)14-7-6-12(21-14)9-22-15-17-8-13(18-15)10-2-4-11(16)5-3-10/h2-8H,9H2,1H3,(H,17,18). The fourth-order valence-corrected chi connectivity index (χ4v) is 3.24. The van der Waals surface area contributed by atoms with Gasteiger partial charge in [0, 0.05) is 6.26 Å². The van der Waals surface area contributed by atoms with Gasteiger partial charge < -0.3 is 9.40 Å². The minimum Gasteiger partial charge on any atom is -0.449 e. The number of halogens is 1. The SMILES string of the molecule is CS(=O)(=O)c1ccc(CSc2ncc(-c3ccc(F)cc3)[nH]2)o1. The van der Waals surface area contributed by atoms with Gasteiger partial charge in [0.05, 0.1) is 17.6 Å². The summed E-state index contributed by atoms with van der Waals surface area (Å²) in [7, 11) is -3.33. The first-order valence-electron chi connectivity index (χ1n) is 6.64. The summed E-state index contributed by atoms with van der Waals surface area (Å²) in [4.78, 5) is 7.37. The molecular formula is C15H13FN2O3S2. The van der Waals surface area contributed by atoms with Gasteiger partial charge in [0.2, 0.25) is 14.9 Å². The van der Waals surface area contributed by atoms with Crippen molar-refractivity contribution < 1.29 is 17.2 Å². The number of imidazole rings is 1. The molecule has 2 heterocycles. The van der Waals surface area contributed by atoms with E-state index in [2.05, 4.69) is 9.97 Å². The van der Waals surface area contributed by atoms with Crippen LogP contribution in [0.15, 0.2) is 57.3 Å². The van der Waals surface area contributed by atoms with Crippen LogP contribution < -0.4 is 0 Å². The average Bonchev–Trinajstić information content (AvgIpc) is 3.15. The molecule has 0 bridgehead atoms. The van der Waals surface area contributed by atoms with E-state index >= 15 is 0 Å². The Bertz CT molecular complexity index is 914. The van der Waals surface area contributed by atoms with Gasteiger partial charge >= 0.3 is 0 Å². The van der Waals surface area contributed by atoms with E-state index in [1.54, 1.807) is 24.4 Å². The van der Waals surface area contributed by atoms with Crippen LogP contribution in [0.3, 0.4) is 0 Å². The number of furan rings is 1. The minimum atomic E-state index is -3.33. The number of H-pyrrole nitrogens is 1. The van der Waals surface area contributed by atoms with Crippen molar-refractivity contribution in [3.8, 4) is 11.3 Å². The Morgan fingerprint density at radius 1 is 1.22 bits per heavy atom. The van der Waals surface area contributed by atoms with Crippen molar-refractivity contribution in [2.75, 3.05) is 6.26 Å². The smallest absolute Gasteiger partial charge is 0.217 e. The third kappa shape index (κ3) is 3.83. The number of rotatable bonds is 5. The maximum absolute atomic E-state index is 12.9. The number of nitrogens with zero attached hydrogens (tertiary/aromatic N) is 1. The highest BCUT2D eigenvalue weighted by Gasteiger charge is 2.13. The molecule has 0 fully saturated rings. The van der Waals surface area contributed by atoms with Crippen molar-refractivity contribution in [1.29, 1.82) is 0 Å². The lowest BCUT2D eigenvalue weighted by Crippen LogP contribution is -1.93. The molecule has 0 saturated carbocycles. The number of hydrogen-bond acceptors (Lipinski definition) is 5.